The van der Waals surface area contributed by atoms with Crippen molar-refractivity contribution in [2.24, 2.45) is 0 Å². The van der Waals surface area contributed by atoms with E-state index in [1.807, 2.05) is 0 Å². The third-order valence-corrected chi connectivity index (χ3v) is 3.38. The van der Waals surface area contributed by atoms with Crippen LogP contribution in [0.5, 0.6) is 0 Å². The number of hydrogen-bond acceptors (Lipinski definition) is 2. The Hall–Kier alpha value is -1.02. The smallest absolute Gasteiger partial charge is 0.0741 e. The van der Waals surface area contributed by atoms with Gasteiger partial charge in [0.2, 0.25) is 0 Å². The Kier molecular flexibility index (Phi) is 3.49. The Morgan fingerprint density at radius 1 is 1.31 bits per heavy atom. The van der Waals surface area contributed by atoms with E-state index in [4.69, 9.17) is 0 Å². The summed E-state index contributed by atoms with van der Waals surface area (Å²) < 4.78 is 0. The number of aliphatic hydroxyl groups excluding tert-OH is 1. The summed E-state index contributed by atoms with van der Waals surface area (Å²) in [6, 6.07) is 8.74. The first-order chi connectivity index (χ1) is 7.66. The highest BCUT2D eigenvalue weighted by Gasteiger charge is 2.24. The van der Waals surface area contributed by atoms with Gasteiger partial charge in [0.25, 0.3) is 0 Å². The maximum absolute atomic E-state index is 9.77. The minimum absolute atomic E-state index is 0.178. The fraction of sp³-hybridized carbons (Fsp3) is 0.571. The molecule has 0 aliphatic heterocycles. The molecule has 2 rings (SSSR count). The minimum Gasteiger partial charge on any atom is -0.391 e. The van der Waals surface area contributed by atoms with Crippen molar-refractivity contribution in [3.05, 3.63) is 29.8 Å². The monoisotopic (exact) mass is 219 g/mol. The van der Waals surface area contributed by atoms with Crippen molar-refractivity contribution in [1.82, 2.24) is 0 Å². The van der Waals surface area contributed by atoms with Gasteiger partial charge in [-0.3, -0.25) is 0 Å². The molecular formula is C14H21NO. The number of benzene rings is 1. The van der Waals surface area contributed by atoms with Crippen LogP contribution in [0.15, 0.2) is 24.3 Å². The molecule has 1 fully saturated rings. The molecule has 0 radical (unpaired) electrons. The molecule has 2 atom stereocenters. The van der Waals surface area contributed by atoms with Crippen molar-refractivity contribution < 1.29 is 5.11 Å². The molecular weight excluding hydrogens is 198 g/mol. The van der Waals surface area contributed by atoms with Crippen LogP contribution in [0.25, 0.3) is 0 Å². The second-order valence-corrected chi connectivity index (χ2v) is 5.03. The molecule has 2 heteroatoms. The van der Waals surface area contributed by atoms with Gasteiger partial charge in [-0.25, -0.2) is 0 Å². The highest BCUT2D eigenvalue weighted by molar-refractivity contribution is 5.47. The molecule has 1 aromatic rings. The molecule has 0 saturated heterocycles. The van der Waals surface area contributed by atoms with Crippen LogP contribution in [-0.2, 0) is 0 Å². The van der Waals surface area contributed by atoms with Gasteiger partial charge < -0.3 is 10.4 Å². The number of aliphatic hydroxyl groups is 1. The minimum atomic E-state index is -0.178. The third-order valence-electron chi connectivity index (χ3n) is 3.38. The molecule has 88 valence electrons. The highest BCUT2D eigenvalue weighted by atomic mass is 16.3. The SMILES string of the molecule is CC(C)c1cccc(N[C@H]2CCC[C@@H]2O)c1. The molecule has 0 unspecified atom stereocenters. The highest BCUT2D eigenvalue weighted by Crippen LogP contribution is 2.24. The van der Waals surface area contributed by atoms with Crippen molar-refractivity contribution in [1.29, 1.82) is 0 Å². The summed E-state index contributed by atoms with van der Waals surface area (Å²) in [6.07, 6.45) is 2.96. The largest absolute Gasteiger partial charge is 0.391 e. The van der Waals surface area contributed by atoms with Crippen molar-refractivity contribution >= 4 is 5.69 Å². The van der Waals surface area contributed by atoms with Gasteiger partial charge in [0.15, 0.2) is 0 Å². The summed E-state index contributed by atoms with van der Waals surface area (Å²) in [5.74, 6) is 0.551. The summed E-state index contributed by atoms with van der Waals surface area (Å²) in [5, 5.41) is 13.2. The lowest BCUT2D eigenvalue weighted by molar-refractivity contribution is 0.172. The maximum Gasteiger partial charge on any atom is 0.0741 e. The van der Waals surface area contributed by atoms with Gasteiger partial charge in [-0.2, -0.15) is 0 Å². The fourth-order valence-corrected chi connectivity index (χ4v) is 2.31. The van der Waals surface area contributed by atoms with Crippen molar-refractivity contribution in [2.75, 3.05) is 5.32 Å². The van der Waals surface area contributed by atoms with E-state index in [1.54, 1.807) is 0 Å². The number of rotatable bonds is 3. The van der Waals surface area contributed by atoms with Crippen LogP contribution in [0, 0.1) is 0 Å². The molecule has 2 N–H and O–H groups in total. The number of hydrogen-bond donors (Lipinski definition) is 2. The van der Waals surface area contributed by atoms with E-state index >= 15 is 0 Å². The molecule has 0 bridgehead atoms. The van der Waals surface area contributed by atoms with Crippen LogP contribution < -0.4 is 5.32 Å². The second kappa shape index (κ2) is 4.88. The van der Waals surface area contributed by atoms with E-state index in [0.29, 0.717) is 5.92 Å². The van der Waals surface area contributed by atoms with Crippen LogP contribution in [0.4, 0.5) is 5.69 Å². The molecule has 1 aliphatic rings. The third kappa shape index (κ3) is 2.56. The van der Waals surface area contributed by atoms with E-state index in [9.17, 15) is 5.11 Å². The zero-order chi connectivity index (χ0) is 11.5. The summed E-state index contributed by atoms with van der Waals surface area (Å²) in [5.41, 5.74) is 2.48. The van der Waals surface area contributed by atoms with Crippen LogP contribution in [-0.4, -0.2) is 17.3 Å². The first kappa shape index (κ1) is 11.5. The average Bonchev–Trinajstić information content (AvgIpc) is 2.65. The molecule has 0 spiro atoms. The summed E-state index contributed by atoms with van der Waals surface area (Å²) in [7, 11) is 0. The fourth-order valence-electron chi connectivity index (χ4n) is 2.31. The standard InChI is InChI=1S/C14H21NO/c1-10(2)11-5-3-6-12(9-11)15-13-7-4-8-14(13)16/h3,5-6,9-10,13-16H,4,7-8H2,1-2H3/t13-,14-/m0/s1. The zero-order valence-corrected chi connectivity index (χ0v) is 10.1. The maximum atomic E-state index is 9.77. The molecule has 1 aromatic carbocycles. The van der Waals surface area contributed by atoms with Crippen molar-refractivity contribution in [3.8, 4) is 0 Å². The lowest BCUT2D eigenvalue weighted by Crippen LogP contribution is -2.27. The first-order valence-corrected chi connectivity index (χ1v) is 6.21. The molecule has 0 heterocycles. The Bertz CT molecular complexity index is 348. The van der Waals surface area contributed by atoms with Gasteiger partial charge in [-0.1, -0.05) is 26.0 Å². The van der Waals surface area contributed by atoms with Gasteiger partial charge in [0, 0.05) is 5.69 Å². The quantitative estimate of drug-likeness (QED) is 0.818. The van der Waals surface area contributed by atoms with Crippen molar-refractivity contribution in [3.63, 3.8) is 0 Å². The Balaban J connectivity index is 2.06. The molecule has 0 amide bonds. The summed E-state index contributed by atoms with van der Waals surface area (Å²) in [6.45, 7) is 4.40. The van der Waals surface area contributed by atoms with Crippen LogP contribution in [0.2, 0.25) is 0 Å². The molecule has 2 nitrogen and oxygen atoms in total. The van der Waals surface area contributed by atoms with Gasteiger partial charge >= 0.3 is 0 Å². The molecule has 1 aliphatic carbocycles. The van der Waals surface area contributed by atoms with Gasteiger partial charge in [0.05, 0.1) is 12.1 Å². The van der Waals surface area contributed by atoms with Gasteiger partial charge in [-0.05, 0) is 42.9 Å². The second-order valence-electron chi connectivity index (χ2n) is 5.03. The number of anilines is 1. The van der Waals surface area contributed by atoms with Gasteiger partial charge in [0.1, 0.15) is 0 Å². The predicted molar refractivity (Wildman–Crippen MR) is 67.8 cm³/mol. The lowest BCUT2D eigenvalue weighted by atomic mass is 10.0. The average molecular weight is 219 g/mol. The predicted octanol–water partition coefficient (Wildman–Crippen LogP) is 3.14. The Morgan fingerprint density at radius 2 is 2.12 bits per heavy atom. The van der Waals surface area contributed by atoms with E-state index < -0.39 is 0 Å². The van der Waals surface area contributed by atoms with Crippen molar-refractivity contribution in [2.45, 2.75) is 51.2 Å². The van der Waals surface area contributed by atoms with E-state index in [-0.39, 0.29) is 12.1 Å². The summed E-state index contributed by atoms with van der Waals surface area (Å²) >= 11 is 0. The molecule has 1 saturated carbocycles. The molecule has 16 heavy (non-hydrogen) atoms. The van der Waals surface area contributed by atoms with E-state index in [2.05, 4.69) is 43.4 Å². The zero-order valence-electron chi connectivity index (χ0n) is 10.1. The van der Waals surface area contributed by atoms with E-state index in [1.165, 1.54) is 5.56 Å². The molecule has 0 aromatic heterocycles. The topological polar surface area (TPSA) is 32.3 Å². The van der Waals surface area contributed by atoms with Crippen LogP contribution >= 0.6 is 0 Å². The Morgan fingerprint density at radius 3 is 2.75 bits per heavy atom. The summed E-state index contributed by atoms with van der Waals surface area (Å²) in [4.78, 5) is 0. The number of nitrogens with one attached hydrogen (secondary N) is 1. The normalized spacial score (nSPS) is 25.0. The van der Waals surface area contributed by atoms with E-state index in [0.717, 1.165) is 24.9 Å². The lowest BCUT2D eigenvalue weighted by Gasteiger charge is -2.18. The van der Waals surface area contributed by atoms with Crippen LogP contribution in [0.3, 0.4) is 0 Å². The van der Waals surface area contributed by atoms with Crippen LogP contribution in [0.1, 0.15) is 44.6 Å². The Labute approximate surface area is 97.7 Å². The van der Waals surface area contributed by atoms with Gasteiger partial charge in [-0.15, -0.1) is 0 Å². The first-order valence-electron chi connectivity index (χ1n) is 6.21.